The van der Waals surface area contributed by atoms with Crippen LogP contribution >= 0.6 is 11.3 Å². The average Bonchev–Trinajstić information content (AvgIpc) is 3.31. The fourth-order valence-corrected chi connectivity index (χ4v) is 3.74. The summed E-state index contributed by atoms with van der Waals surface area (Å²) in [5, 5.41) is 6.93. The molecule has 0 saturated heterocycles. The molecule has 1 amide bonds. The first kappa shape index (κ1) is 16.8. The normalized spacial score (nSPS) is 13.8. The molecule has 1 saturated carbocycles. The van der Waals surface area contributed by atoms with Crippen LogP contribution in [0.4, 0.5) is 0 Å². The number of thiazole rings is 1. The van der Waals surface area contributed by atoms with E-state index >= 15 is 0 Å². The standard InChI is InChI=1S/C18H20N6OS/c1-11-14(12(2)23(3)22-11)9-24(13-5-6-13)18(25)15-10-26-17(21-15)16-19-7-4-8-20-16/h4,7-8,10,13H,5-6,9H2,1-3H3. The van der Waals surface area contributed by atoms with Gasteiger partial charge in [0.05, 0.1) is 5.69 Å². The smallest absolute Gasteiger partial charge is 0.273 e. The van der Waals surface area contributed by atoms with Crippen molar-refractivity contribution in [3.63, 3.8) is 0 Å². The van der Waals surface area contributed by atoms with Gasteiger partial charge in [0.1, 0.15) is 5.69 Å². The fraction of sp³-hybridized carbons (Fsp3) is 0.389. The van der Waals surface area contributed by atoms with Crippen molar-refractivity contribution in [2.45, 2.75) is 39.3 Å². The molecule has 0 unspecified atom stereocenters. The minimum Gasteiger partial charge on any atom is -0.330 e. The summed E-state index contributed by atoms with van der Waals surface area (Å²) in [6, 6.07) is 2.05. The second-order valence-electron chi connectivity index (χ2n) is 6.55. The number of carbonyl (C=O) groups is 1. The van der Waals surface area contributed by atoms with Crippen LogP contribution in [-0.2, 0) is 13.6 Å². The van der Waals surface area contributed by atoms with Gasteiger partial charge in [0.2, 0.25) is 0 Å². The highest BCUT2D eigenvalue weighted by atomic mass is 32.1. The van der Waals surface area contributed by atoms with Gasteiger partial charge in [-0.1, -0.05) is 0 Å². The van der Waals surface area contributed by atoms with Crippen LogP contribution in [0.2, 0.25) is 0 Å². The van der Waals surface area contributed by atoms with Gasteiger partial charge in [0.25, 0.3) is 5.91 Å². The van der Waals surface area contributed by atoms with Crippen molar-refractivity contribution in [2.75, 3.05) is 0 Å². The molecule has 26 heavy (non-hydrogen) atoms. The summed E-state index contributed by atoms with van der Waals surface area (Å²) < 4.78 is 1.87. The van der Waals surface area contributed by atoms with E-state index in [1.165, 1.54) is 11.3 Å². The molecule has 0 N–H and O–H groups in total. The molecule has 3 heterocycles. The molecule has 0 radical (unpaired) electrons. The van der Waals surface area contributed by atoms with Gasteiger partial charge < -0.3 is 4.90 Å². The number of rotatable bonds is 5. The molecule has 1 aliphatic carbocycles. The monoisotopic (exact) mass is 368 g/mol. The van der Waals surface area contributed by atoms with E-state index in [0.29, 0.717) is 29.1 Å². The maximum atomic E-state index is 13.1. The summed E-state index contributed by atoms with van der Waals surface area (Å²) in [6.07, 6.45) is 5.44. The molecule has 1 fully saturated rings. The first-order valence-corrected chi connectivity index (χ1v) is 9.45. The number of hydrogen-bond acceptors (Lipinski definition) is 6. The quantitative estimate of drug-likeness (QED) is 0.692. The van der Waals surface area contributed by atoms with Gasteiger partial charge in [-0.3, -0.25) is 9.48 Å². The number of amides is 1. The van der Waals surface area contributed by atoms with Crippen LogP contribution < -0.4 is 0 Å². The maximum Gasteiger partial charge on any atom is 0.273 e. The van der Waals surface area contributed by atoms with Gasteiger partial charge in [-0.15, -0.1) is 11.3 Å². The van der Waals surface area contributed by atoms with Gasteiger partial charge in [0, 0.05) is 48.7 Å². The first-order valence-electron chi connectivity index (χ1n) is 8.57. The Morgan fingerprint density at radius 1 is 1.31 bits per heavy atom. The minimum atomic E-state index is -0.0337. The highest BCUT2D eigenvalue weighted by Gasteiger charge is 2.35. The molecular formula is C18H20N6OS. The topological polar surface area (TPSA) is 76.8 Å². The first-order chi connectivity index (χ1) is 12.5. The Kier molecular flexibility index (Phi) is 4.28. The molecule has 0 atom stereocenters. The van der Waals surface area contributed by atoms with Crippen LogP contribution in [0.1, 0.15) is 40.3 Å². The van der Waals surface area contributed by atoms with Crippen molar-refractivity contribution in [2.24, 2.45) is 7.05 Å². The zero-order valence-electron chi connectivity index (χ0n) is 15.0. The second kappa shape index (κ2) is 6.60. The summed E-state index contributed by atoms with van der Waals surface area (Å²) in [5.74, 6) is 0.516. The lowest BCUT2D eigenvalue weighted by molar-refractivity contribution is 0.0724. The molecule has 3 aromatic heterocycles. The Morgan fingerprint density at radius 2 is 2.04 bits per heavy atom. The van der Waals surface area contributed by atoms with E-state index in [0.717, 1.165) is 29.8 Å². The lowest BCUT2D eigenvalue weighted by atomic mass is 10.1. The maximum absolute atomic E-state index is 13.1. The number of hydrogen-bond donors (Lipinski definition) is 0. The van der Waals surface area contributed by atoms with Gasteiger partial charge >= 0.3 is 0 Å². The minimum absolute atomic E-state index is 0.0337. The Bertz CT molecular complexity index is 944. The predicted molar refractivity (Wildman–Crippen MR) is 98.7 cm³/mol. The molecule has 0 bridgehead atoms. The van der Waals surface area contributed by atoms with Crippen molar-refractivity contribution in [1.82, 2.24) is 29.6 Å². The number of nitrogens with zero attached hydrogens (tertiary/aromatic N) is 6. The van der Waals surface area contributed by atoms with Crippen LogP contribution in [0.15, 0.2) is 23.8 Å². The van der Waals surface area contributed by atoms with Crippen molar-refractivity contribution in [3.8, 4) is 10.8 Å². The molecule has 7 nitrogen and oxygen atoms in total. The largest absolute Gasteiger partial charge is 0.330 e. The zero-order chi connectivity index (χ0) is 18.3. The van der Waals surface area contributed by atoms with Crippen molar-refractivity contribution in [1.29, 1.82) is 0 Å². The summed E-state index contributed by atoms with van der Waals surface area (Å²) >= 11 is 1.40. The van der Waals surface area contributed by atoms with Crippen LogP contribution in [0, 0.1) is 13.8 Å². The van der Waals surface area contributed by atoms with Gasteiger partial charge in [-0.25, -0.2) is 15.0 Å². The van der Waals surface area contributed by atoms with E-state index in [1.807, 2.05) is 30.5 Å². The lowest BCUT2D eigenvalue weighted by Gasteiger charge is -2.21. The van der Waals surface area contributed by atoms with Crippen LogP contribution in [0.5, 0.6) is 0 Å². The lowest BCUT2D eigenvalue weighted by Crippen LogP contribution is -2.33. The Hall–Kier alpha value is -2.61. The number of aromatic nitrogens is 5. The molecule has 0 aliphatic heterocycles. The molecule has 8 heteroatoms. The Balaban J connectivity index is 1.60. The third-order valence-electron chi connectivity index (χ3n) is 4.72. The fourth-order valence-electron chi connectivity index (χ4n) is 3.00. The van der Waals surface area contributed by atoms with E-state index in [4.69, 9.17) is 0 Å². The van der Waals surface area contributed by atoms with E-state index in [9.17, 15) is 4.79 Å². The summed E-state index contributed by atoms with van der Waals surface area (Å²) in [6.45, 7) is 4.61. The van der Waals surface area contributed by atoms with Crippen molar-refractivity contribution >= 4 is 17.2 Å². The number of aryl methyl sites for hydroxylation is 2. The van der Waals surface area contributed by atoms with E-state index in [1.54, 1.807) is 23.8 Å². The third-order valence-corrected chi connectivity index (χ3v) is 5.55. The van der Waals surface area contributed by atoms with Gasteiger partial charge in [-0.2, -0.15) is 5.10 Å². The van der Waals surface area contributed by atoms with Crippen LogP contribution in [0.25, 0.3) is 10.8 Å². The van der Waals surface area contributed by atoms with Crippen molar-refractivity contribution < 1.29 is 4.79 Å². The number of carbonyl (C=O) groups excluding carboxylic acids is 1. The highest BCUT2D eigenvalue weighted by molar-refractivity contribution is 7.13. The molecule has 134 valence electrons. The molecule has 4 rings (SSSR count). The highest BCUT2D eigenvalue weighted by Crippen LogP contribution is 2.31. The molecule has 3 aromatic rings. The molecular weight excluding hydrogens is 348 g/mol. The predicted octanol–water partition coefficient (Wildman–Crippen LogP) is 2.76. The van der Waals surface area contributed by atoms with E-state index in [2.05, 4.69) is 20.1 Å². The summed E-state index contributed by atoms with van der Waals surface area (Å²) in [4.78, 5) is 27.9. The van der Waals surface area contributed by atoms with Crippen LogP contribution in [-0.4, -0.2) is 41.6 Å². The second-order valence-corrected chi connectivity index (χ2v) is 7.41. The summed E-state index contributed by atoms with van der Waals surface area (Å²) in [7, 11) is 1.93. The van der Waals surface area contributed by atoms with E-state index < -0.39 is 0 Å². The van der Waals surface area contributed by atoms with E-state index in [-0.39, 0.29) is 5.91 Å². The van der Waals surface area contributed by atoms with Crippen LogP contribution in [0.3, 0.4) is 0 Å². The van der Waals surface area contributed by atoms with Gasteiger partial charge in [-0.05, 0) is 32.8 Å². The Labute approximate surface area is 155 Å². The third kappa shape index (κ3) is 3.12. The van der Waals surface area contributed by atoms with Gasteiger partial charge in [0.15, 0.2) is 10.8 Å². The Morgan fingerprint density at radius 3 is 2.65 bits per heavy atom. The zero-order valence-corrected chi connectivity index (χ0v) is 15.8. The molecule has 1 aliphatic rings. The summed E-state index contributed by atoms with van der Waals surface area (Å²) in [5.41, 5.74) is 3.65. The van der Waals surface area contributed by atoms with Crippen molar-refractivity contribution in [3.05, 3.63) is 46.5 Å². The SMILES string of the molecule is Cc1nn(C)c(C)c1CN(C(=O)c1csc(-c2ncccn2)n1)C1CC1. The molecule has 0 spiro atoms. The molecule has 0 aromatic carbocycles. The average molecular weight is 368 g/mol.